The Labute approximate surface area is 198 Å². The van der Waals surface area contributed by atoms with Gasteiger partial charge in [0, 0.05) is 18.2 Å². The smallest absolute Gasteiger partial charge is 0.328 e. The number of hydrogen-bond acceptors (Lipinski definition) is 5. The zero-order valence-electron chi connectivity index (χ0n) is 19.4. The van der Waals surface area contributed by atoms with Crippen molar-refractivity contribution in [1.82, 2.24) is 14.7 Å². The summed E-state index contributed by atoms with van der Waals surface area (Å²) in [5, 5.41) is 12.3. The fraction of sp³-hybridized carbons (Fsp3) is 0.222. The van der Waals surface area contributed by atoms with Crippen molar-refractivity contribution in [3.8, 4) is 17.0 Å². The second-order valence-electron chi connectivity index (χ2n) is 8.40. The highest BCUT2D eigenvalue weighted by atomic mass is 16.5. The molecule has 2 N–H and O–H groups in total. The molecule has 0 aliphatic rings. The summed E-state index contributed by atoms with van der Waals surface area (Å²) in [6, 6.07) is 17.6. The molecule has 0 unspecified atom stereocenters. The molecule has 0 spiro atoms. The first-order chi connectivity index (χ1) is 16.3. The van der Waals surface area contributed by atoms with E-state index in [0.717, 1.165) is 39.3 Å². The number of pyridine rings is 1. The number of esters is 1. The van der Waals surface area contributed by atoms with E-state index >= 15 is 0 Å². The monoisotopic (exact) mass is 457 g/mol. The Kier molecular flexibility index (Phi) is 6.63. The number of carbonyl (C=O) groups is 2. The number of nitrogens with one attached hydrogen (secondary N) is 1. The normalized spacial score (nSPS) is 11.9. The lowest BCUT2D eigenvalue weighted by molar-refractivity contribution is -0.145. The minimum atomic E-state index is -0.856. The molecule has 7 heteroatoms. The van der Waals surface area contributed by atoms with Gasteiger partial charge in [-0.15, -0.1) is 0 Å². The lowest BCUT2D eigenvalue weighted by Crippen LogP contribution is -2.43. The Morgan fingerprint density at radius 1 is 1.00 bits per heavy atom. The van der Waals surface area contributed by atoms with E-state index in [4.69, 9.17) is 9.72 Å². The molecule has 1 atom stereocenters. The van der Waals surface area contributed by atoms with Gasteiger partial charge >= 0.3 is 5.97 Å². The number of benzene rings is 2. The van der Waals surface area contributed by atoms with Gasteiger partial charge in [-0.25, -0.2) is 9.78 Å². The highest BCUT2D eigenvalue weighted by Crippen LogP contribution is 2.26. The maximum atomic E-state index is 13.2. The number of hydrogen-bond donors (Lipinski definition) is 2. The van der Waals surface area contributed by atoms with Crippen LogP contribution < -0.4 is 5.32 Å². The lowest BCUT2D eigenvalue weighted by Gasteiger charge is -2.17. The Hall–Kier alpha value is -4.13. The molecule has 7 nitrogen and oxygen atoms in total. The topological polar surface area (TPSA) is 92.9 Å². The first-order valence-electron chi connectivity index (χ1n) is 11.0. The predicted molar refractivity (Wildman–Crippen MR) is 130 cm³/mol. The van der Waals surface area contributed by atoms with E-state index in [1.165, 1.54) is 7.11 Å². The predicted octanol–water partition coefficient (Wildman–Crippen LogP) is 3.77. The number of aryl methyl sites for hydroxylation is 2. The number of fused-ring (bicyclic) bond motifs is 1. The van der Waals surface area contributed by atoms with Crippen molar-refractivity contribution < 1.29 is 19.4 Å². The van der Waals surface area contributed by atoms with Crippen LogP contribution in [0, 0.1) is 13.8 Å². The first kappa shape index (κ1) is 23.0. The van der Waals surface area contributed by atoms with Crippen molar-refractivity contribution in [1.29, 1.82) is 0 Å². The molecule has 0 saturated carbocycles. The fourth-order valence-corrected chi connectivity index (χ4v) is 3.91. The summed E-state index contributed by atoms with van der Waals surface area (Å²) in [7, 11) is 1.29. The third-order valence-corrected chi connectivity index (χ3v) is 5.72. The number of amides is 1. The minimum absolute atomic E-state index is 0.0386. The summed E-state index contributed by atoms with van der Waals surface area (Å²) in [5.41, 5.74) is 6.11. The molecule has 0 radical (unpaired) electrons. The Morgan fingerprint density at radius 3 is 2.35 bits per heavy atom. The van der Waals surface area contributed by atoms with E-state index in [9.17, 15) is 14.7 Å². The van der Waals surface area contributed by atoms with Crippen LogP contribution in [-0.4, -0.2) is 39.5 Å². The molecule has 2 aromatic carbocycles. The van der Waals surface area contributed by atoms with Crippen LogP contribution in [0.1, 0.15) is 22.4 Å². The Bertz CT molecular complexity index is 1320. The molecule has 2 heterocycles. The van der Waals surface area contributed by atoms with Gasteiger partial charge in [0.15, 0.2) is 0 Å². The lowest BCUT2D eigenvalue weighted by atomic mass is 10.0. The van der Waals surface area contributed by atoms with E-state index < -0.39 is 12.0 Å². The number of nitrogens with zero attached hydrogens (tertiary/aromatic N) is 2. The van der Waals surface area contributed by atoms with E-state index in [-0.39, 0.29) is 24.5 Å². The maximum absolute atomic E-state index is 13.2. The van der Waals surface area contributed by atoms with Gasteiger partial charge < -0.3 is 19.6 Å². The highest BCUT2D eigenvalue weighted by Gasteiger charge is 2.24. The zero-order chi connectivity index (χ0) is 24.2. The Morgan fingerprint density at radius 2 is 1.68 bits per heavy atom. The number of methoxy groups -OCH3 is 1. The van der Waals surface area contributed by atoms with Crippen molar-refractivity contribution in [3.05, 3.63) is 89.2 Å². The van der Waals surface area contributed by atoms with Gasteiger partial charge in [0.2, 0.25) is 5.91 Å². The molecule has 0 saturated heterocycles. The molecule has 0 fully saturated rings. The quantitative estimate of drug-likeness (QED) is 0.412. The van der Waals surface area contributed by atoms with Crippen molar-refractivity contribution in [2.24, 2.45) is 0 Å². The number of imidazole rings is 1. The standard InChI is InChI=1S/C27H27N3O4/c1-17-4-9-20(10-5-17)26-23(30-16-18(2)6-13-24(30)29-26)15-25(32)28-22(27(33)34-3)14-19-7-11-21(31)12-8-19/h4-13,16,22,31H,14-15H2,1-3H3,(H,28,32)/t22-/m0/s1. The number of phenolic OH excluding ortho intramolecular Hbond substituents is 1. The second-order valence-corrected chi connectivity index (χ2v) is 8.40. The minimum Gasteiger partial charge on any atom is -0.508 e. The molecule has 4 aromatic rings. The summed E-state index contributed by atoms with van der Waals surface area (Å²) in [5.74, 6) is -0.714. The molecular weight excluding hydrogens is 430 g/mol. The molecule has 0 aliphatic heterocycles. The summed E-state index contributed by atoms with van der Waals surface area (Å²) in [6.07, 6.45) is 2.24. The SMILES string of the molecule is COC(=O)[C@H](Cc1ccc(O)cc1)NC(=O)Cc1c(-c2ccc(C)cc2)nc2ccc(C)cn12. The molecular formula is C27H27N3O4. The maximum Gasteiger partial charge on any atom is 0.328 e. The molecule has 0 aliphatic carbocycles. The van der Waals surface area contributed by atoms with Crippen molar-refractivity contribution in [2.75, 3.05) is 7.11 Å². The number of ether oxygens (including phenoxy) is 1. The Balaban J connectivity index is 1.63. The van der Waals surface area contributed by atoms with Gasteiger partial charge in [0.25, 0.3) is 0 Å². The van der Waals surface area contributed by atoms with Gasteiger partial charge in [-0.2, -0.15) is 0 Å². The van der Waals surface area contributed by atoms with Crippen LogP contribution in [0.3, 0.4) is 0 Å². The van der Waals surface area contributed by atoms with E-state index in [1.54, 1.807) is 24.3 Å². The number of carbonyl (C=O) groups excluding carboxylic acids is 2. The second kappa shape index (κ2) is 9.79. The van der Waals surface area contributed by atoms with E-state index in [2.05, 4.69) is 5.32 Å². The van der Waals surface area contributed by atoms with Crippen LogP contribution in [0.25, 0.3) is 16.9 Å². The average molecular weight is 458 g/mol. The first-order valence-corrected chi connectivity index (χ1v) is 11.0. The largest absolute Gasteiger partial charge is 0.508 e. The van der Waals surface area contributed by atoms with Crippen LogP contribution in [0.15, 0.2) is 66.9 Å². The third-order valence-electron chi connectivity index (χ3n) is 5.72. The molecule has 174 valence electrons. The third kappa shape index (κ3) is 5.09. The van der Waals surface area contributed by atoms with Crippen LogP contribution in [0.2, 0.25) is 0 Å². The van der Waals surface area contributed by atoms with Crippen LogP contribution >= 0.6 is 0 Å². The van der Waals surface area contributed by atoms with Gasteiger partial charge in [-0.1, -0.05) is 48.0 Å². The molecule has 4 rings (SSSR count). The average Bonchev–Trinajstić information content (AvgIpc) is 3.17. The van der Waals surface area contributed by atoms with Gasteiger partial charge in [0.1, 0.15) is 17.4 Å². The zero-order valence-corrected chi connectivity index (χ0v) is 19.4. The summed E-state index contributed by atoms with van der Waals surface area (Å²) in [6.45, 7) is 4.01. The highest BCUT2D eigenvalue weighted by molar-refractivity contribution is 5.87. The molecule has 2 aromatic heterocycles. The van der Waals surface area contributed by atoms with Crippen molar-refractivity contribution >= 4 is 17.5 Å². The van der Waals surface area contributed by atoms with E-state index in [0.29, 0.717) is 0 Å². The number of phenols is 1. The number of rotatable bonds is 7. The molecule has 0 bridgehead atoms. The number of aromatic nitrogens is 2. The van der Waals surface area contributed by atoms with Gasteiger partial charge in [0.05, 0.1) is 24.9 Å². The summed E-state index contributed by atoms with van der Waals surface area (Å²) in [4.78, 5) is 30.3. The summed E-state index contributed by atoms with van der Waals surface area (Å²) >= 11 is 0. The molecule has 34 heavy (non-hydrogen) atoms. The fourth-order valence-electron chi connectivity index (χ4n) is 3.91. The van der Waals surface area contributed by atoms with Crippen molar-refractivity contribution in [3.63, 3.8) is 0 Å². The van der Waals surface area contributed by atoms with Crippen molar-refractivity contribution in [2.45, 2.75) is 32.7 Å². The van der Waals surface area contributed by atoms with Crippen LogP contribution in [0.5, 0.6) is 5.75 Å². The van der Waals surface area contributed by atoms with Gasteiger partial charge in [-0.05, 0) is 43.2 Å². The molecule has 1 amide bonds. The number of aromatic hydroxyl groups is 1. The van der Waals surface area contributed by atoms with Gasteiger partial charge in [-0.3, -0.25) is 4.79 Å². The van der Waals surface area contributed by atoms with Crippen LogP contribution in [0.4, 0.5) is 0 Å². The van der Waals surface area contributed by atoms with Crippen LogP contribution in [-0.2, 0) is 27.2 Å². The summed E-state index contributed by atoms with van der Waals surface area (Å²) < 4.78 is 6.84. The van der Waals surface area contributed by atoms with E-state index in [1.807, 2.05) is 60.8 Å².